The second-order valence-corrected chi connectivity index (χ2v) is 8.39. The molecule has 158 valence electrons. The highest BCUT2D eigenvalue weighted by molar-refractivity contribution is 7.71. The van der Waals surface area contributed by atoms with Gasteiger partial charge < -0.3 is 14.5 Å². The standard InChI is InChI=1S/C21H21F3N4OS/c1-27-16(8-18(29)26-15-4-2-3-11(15)9-25)17-7-12(10-28(17)21(27)30)19-13(22)5-6-14(23)20(19)24/h5-6,11-12,15H,2-4,7-8,10H2,1H3,(H,26,29)/t11?,12-,15?/m0/s1. The van der Waals surface area contributed by atoms with E-state index in [9.17, 15) is 23.2 Å². The van der Waals surface area contributed by atoms with Crippen LogP contribution in [0, 0.1) is 39.5 Å². The van der Waals surface area contributed by atoms with E-state index in [2.05, 4.69) is 11.4 Å². The maximum atomic E-state index is 14.3. The zero-order chi connectivity index (χ0) is 21.6. The number of nitriles is 1. The Hall–Kier alpha value is -2.60. The first-order valence-corrected chi connectivity index (χ1v) is 10.3. The zero-order valence-corrected chi connectivity index (χ0v) is 17.2. The maximum Gasteiger partial charge on any atom is 0.226 e. The van der Waals surface area contributed by atoms with Gasteiger partial charge >= 0.3 is 0 Å². The van der Waals surface area contributed by atoms with Gasteiger partial charge in [-0.15, -0.1) is 0 Å². The molecular formula is C21H21F3N4OS. The van der Waals surface area contributed by atoms with Crippen LogP contribution < -0.4 is 5.32 Å². The lowest BCUT2D eigenvalue weighted by molar-refractivity contribution is -0.121. The summed E-state index contributed by atoms with van der Waals surface area (Å²) >= 11 is 5.46. The Labute approximate surface area is 177 Å². The number of hydrogen-bond acceptors (Lipinski definition) is 3. The topological polar surface area (TPSA) is 62.8 Å². The smallest absolute Gasteiger partial charge is 0.226 e. The van der Waals surface area contributed by atoms with Crippen LogP contribution in [0.3, 0.4) is 0 Å². The number of halogens is 3. The Morgan fingerprint density at radius 3 is 2.77 bits per heavy atom. The normalized spacial score (nSPS) is 22.7. The van der Waals surface area contributed by atoms with E-state index in [0.717, 1.165) is 37.1 Å². The number of carbonyl (C=O) groups is 1. The molecule has 1 saturated carbocycles. The van der Waals surface area contributed by atoms with E-state index >= 15 is 0 Å². The first kappa shape index (κ1) is 20.7. The molecule has 3 atom stereocenters. The fourth-order valence-corrected chi connectivity index (χ4v) is 5.02. The third-order valence-electron chi connectivity index (χ3n) is 6.27. The summed E-state index contributed by atoms with van der Waals surface area (Å²) in [6.07, 6.45) is 2.77. The maximum absolute atomic E-state index is 14.3. The van der Waals surface area contributed by atoms with Crippen LogP contribution in [0.1, 0.15) is 42.1 Å². The molecule has 9 heteroatoms. The fraction of sp³-hybridized carbons (Fsp3) is 0.476. The van der Waals surface area contributed by atoms with Crippen LogP contribution in [0.4, 0.5) is 13.2 Å². The molecule has 2 heterocycles. The van der Waals surface area contributed by atoms with Gasteiger partial charge in [-0.1, -0.05) is 0 Å². The largest absolute Gasteiger partial charge is 0.352 e. The summed E-state index contributed by atoms with van der Waals surface area (Å²) in [6, 6.07) is 3.78. The van der Waals surface area contributed by atoms with Gasteiger partial charge in [0.1, 0.15) is 5.82 Å². The first-order chi connectivity index (χ1) is 14.3. The molecule has 2 aliphatic rings. The van der Waals surface area contributed by atoms with Gasteiger partial charge in [0.05, 0.1) is 18.4 Å². The predicted octanol–water partition coefficient (Wildman–Crippen LogP) is 3.66. The van der Waals surface area contributed by atoms with Crippen LogP contribution >= 0.6 is 12.2 Å². The molecule has 2 unspecified atom stereocenters. The molecular weight excluding hydrogens is 413 g/mol. The Morgan fingerprint density at radius 2 is 2.03 bits per heavy atom. The number of imidazole rings is 1. The van der Waals surface area contributed by atoms with Crippen molar-refractivity contribution in [3.05, 3.63) is 51.3 Å². The molecule has 1 amide bonds. The monoisotopic (exact) mass is 434 g/mol. The van der Waals surface area contributed by atoms with Crippen LogP contribution in [0.15, 0.2) is 12.1 Å². The summed E-state index contributed by atoms with van der Waals surface area (Å²) < 4.78 is 46.2. The second kappa shape index (κ2) is 7.91. The molecule has 1 aromatic carbocycles. The second-order valence-electron chi connectivity index (χ2n) is 8.02. The number of rotatable bonds is 4. The molecule has 0 saturated heterocycles. The molecule has 4 rings (SSSR count). The number of nitrogens with one attached hydrogen (secondary N) is 1. The number of benzene rings is 1. The highest BCUT2D eigenvalue weighted by Gasteiger charge is 2.34. The highest BCUT2D eigenvalue weighted by atomic mass is 32.1. The van der Waals surface area contributed by atoms with Gasteiger partial charge in [-0.25, -0.2) is 13.2 Å². The van der Waals surface area contributed by atoms with E-state index in [0.29, 0.717) is 10.5 Å². The molecule has 0 spiro atoms. The predicted molar refractivity (Wildman–Crippen MR) is 106 cm³/mol. The zero-order valence-electron chi connectivity index (χ0n) is 16.4. The third kappa shape index (κ3) is 3.43. The van der Waals surface area contributed by atoms with Crippen LogP contribution in [0.5, 0.6) is 0 Å². The molecule has 30 heavy (non-hydrogen) atoms. The van der Waals surface area contributed by atoms with E-state index in [-0.39, 0.29) is 42.8 Å². The van der Waals surface area contributed by atoms with Crippen molar-refractivity contribution in [2.75, 3.05) is 0 Å². The molecule has 5 nitrogen and oxygen atoms in total. The lowest BCUT2D eigenvalue weighted by Gasteiger charge is -2.16. The summed E-state index contributed by atoms with van der Waals surface area (Å²) in [6.45, 7) is 0.222. The molecule has 1 fully saturated rings. The van der Waals surface area contributed by atoms with E-state index in [1.807, 2.05) is 0 Å². The van der Waals surface area contributed by atoms with Crippen LogP contribution in [-0.4, -0.2) is 21.1 Å². The molecule has 0 bridgehead atoms. The van der Waals surface area contributed by atoms with E-state index in [4.69, 9.17) is 12.2 Å². The van der Waals surface area contributed by atoms with Crippen molar-refractivity contribution in [1.82, 2.24) is 14.5 Å². The minimum atomic E-state index is -1.18. The number of fused-ring (bicyclic) bond motifs is 1. The lowest BCUT2D eigenvalue weighted by Crippen LogP contribution is -2.38. The van der Waals surface area contributed by atoms with Gasteiger partial charge in [0.2, 0.25) is 5.91 Å². The Kier molecular flexibility index (Phi) is 5.45. The number of amides is 1. The number of nitrogens with zero attached hydrogens (tertiary/aromatic N) is 3. The van der Waals surface area contributed by atoms with Crippen molar-refractivity contribution in [1.29, 1.82) is 5.26 Å². The van der Waals surface area contributed by atoms with Crippen molar-refractivity contribution in [2.24, 2.45) is 13.0 Å². The van der Waals surface area contributed by atoms with Gasteiger partial charge in [-0.2, -0.15) is 5.26 Å². The fourth-order valence-electron chi connectivity index (χ4n) is 4.72. The van der Waals surface area contributed by atoms with Crippen LogP contribution in [0.2, 0.25) is 0 Å². The SMILES string of the molecule is Cn1c(CC(=O)NC2CCCC2C#N)c2n(c1=S)C[C@@H](c1c(F)ccc(F)c1F)C2. The van der Waals surface area contributed by atoms with Gasteiger partial charge in [0, 0.05) is 42.5 Å². The van der Waals surface area contributed by atoms with Crippen molar-refractivity contribution >= 4 is 18.1 Å². The van der Waals surface area contributed by atoms with Crippen molar-refractivity contribution in [3.63, 3.8) is 0 Å². The minimum Gasteiger partial charge on any atom is -0.352 e. The molecule has 1 N–H and O–H groups in total. The summed E-state index contributed by atoms with van der Waals surface area (Å²) in [5.41, 5.74) is 1.12. The van der Waals surface area contributed by atoms with Crippen LogP contribution in [-0.2, 0) is 31.2 Å². The van der Waals surface area contributed by atoms with E-state index in [1.54, 1.807) is 16.2 Å². The molecule has 1 aliphatic carbocycles. The minimum absolute atomic E-state index is 0.0535. The van der Waals surface area contributed by atoms with Gasteiger partial charge in [-0.05, 0) is 50.0 Å². The number of hydrogen-bond donors (Lipinski definition) is 1. The summed E-state index contributed by atoms with van der Waals surface area (Å²) in [5.74, 6) is -4.05. The average Bonchev–Trinajstić information content (AvgIpc) is 3.39. The number of carbonyl (C=O) groups excluding carboxylic acids is 1. The van der Waals surface area contributed by atoms with Crippen molar-refractivity contribution < 1.29 is 18.0 Å². The van der Waals surface area contributed by atoms with Crippen molar-refractivity contribution in [3.8, 4) is 6.07 Å². The first-order valence-electron chi connectivity index (χ1n) is 9.91. The molecule has 1 aliphatic heterocycles. The summed E-state index contributed by atoms with van der Waals surface area (Å²) in [5, 5.41) is 12.1. The summed E-state index contributed by atoms with van der Waals surface area (Å²) in [4.78, 5) is 12.6. The molecule has 0 radical (unpaired) electrons. The molecule has 1 aromatic heterocycles. The number of aromatic nitrogens is 2. The third-order valence-corrected chi connectivity index (χ3v) is 6.76. The highest BCUT2D eigenvalue weighted by Crippen LogP contribution is 2.36. The Morgan fingerprint density at radius 1 is 1.30 bits per heavy atom. The van der Waals surface area contributed by atoms with Gasteiger partial charge in [-0.3, -0.25) is 4.79 Å². The molecule has 2 aromatic rings. The van der Waals surface area contributed by atoms with Gasteiger partial charge in [0.15, 0.2) is 16.4 Å². The van der Waals surface area contributed by atoms with E-state index in [1.165, 1.54) is 0 Å². The van der Waals surface area contributed by atoms with Crippen molar-refractivity contribution in [2.45, 2.75) is 50.6 Å². The lowest BCUT2D eigenvalue weighted by atomic mass is 9.95. The van der Waals surface area contributed by atoms with Gasteiger partial charge in [0.25, 0.3) is 0 Å². The Bertz CT molecular complexity index is 1120. The average molecular weight is 434 g/mol. The van der Waals surface area contributed by atoms with E-state index < -0.39 is 23.4 Å². The Balaban J connectivity index is 1.58. The quantitative estimate of drug-likeness (QED) is 0.590. The summed E-state index contributed by atoms with van der Waals surface area (Å²) in [7, 11) is 1.75. The van der Waals surface area contributed by atoms with Crippen LogP contribution in [0.25, 0.3) is 0 Å².